The molecule has 2 aliphatic carbocycles. The van der Waals surface area contributed by atoms with E-state index >= 15 is 0 Å². The fourth-order valence-corrected chi connectivity index (χ4v) is 7.79. The first-order valence-corrected chi connectivity index (χ1v) is 13.2. The van der Waals surface area contributed by atoms with Crippen LogP contribution in [0.2, 0.25) is 0 Å². The summed E-state index contributed by atoms with van der Waals surface area (Å²) in [5.41, 5.74) is 2.89. The van der Waals surface area contributed by atoms with Crippen LogP contribution in [0.4, 0.5) is 5.00 Å². The minimum atomic E-state index is -0.181. The van der Waals surface area contributed by atoms with Gasteiger partial charge in [0, 0.05) is 16.8 Å². The third-order valence-electron chi connectivity index (χ3n) is 6.02. The largest absolute Gasteiger partial charge is 0.316 e. The van der Waals surface area contributed by atoms with Crippen molar-refractivity contribution in [3.8, 4) is 6.07 Å². The van der Waals surface area contributed by atoms with Gasteiger partial charge < -0.3 is 5.32 Å². The maximum absolute atomic E-state index is 13.0. The molecule has 0 aromatic carbocycles. The number of thioether (sulfide) groups is 1. The van der Waals surface area contributed by atoms with Crippen molar-refractivity contribution in [1.82, 2.24) is 9.55 Å². The monoisotopic (exact) mass is 470 g/mol. The minimum absolute atomic E-state index is 0.0231. The first-order valence-electron chi connectivity index (χ1n) is 10.6. The summed E-state index contributed by atoms with van der Waals surface area (Å²) in [6.45, 7) is 0. The Balaban J connectivity index is 1.35. The second-order valence-corrected chi connectivity index (χ2v) is 11.1. The lowest BCUT2D eigenvalue weighted by Crippen LogP contribution is -2.22. The molecule has 0 saturated carbocycles. The lowest BCUT2D eigenvalue weighted by atomic mass is 9.96. The molecular formula is C22H22N4O2S3. The van der Waals surface area contributed by atoms with E-state index < -0.39 is 0 Å². The minimum Gasteiger partial charge on any atom is -0.316 e. The second-order valence-electron chi connectivity index (χ2n) is 8.01. The zero-order valence-corrected chi connectivity index (χ0v) is 19.7. The molecule has 0 spiro atoms. The number of hydrogen-bond donors (Lipinski definition) is 1. The Hall–Kier alpha value is -2.15. The summed E-state index contributed by atoms with van der Waals surface area (Å²) >= 11 is 4.41. The number of thiophene rings is 2. The van der Waals surface area contributed by atoms with Gasteiger partial charge in [0.2, 0.25) is 5.91 Å². The summed E-state index contributed by atoms with van der Waals surface area (Å²) < 4.78 is 1.56. The Morgan fingerprint density at radius 3 is 2.55 bits per heavy atom. The quantitative estimate of drug-likeness (QED) is 0.451. The van der Waals surface area contributed by atoms with E-state index in [1.807, 2.05) is 0 Å². The summed E-state index contributed by atoms with van der Waals surface area (Å²) in [5, 5.41) is 14.5. The third kappa shape index (κ3) is 3.71. The highest BCUT2D eigenvalue weighted by molar-refractivity contribution is 7.99. The fraction of sp³-hybridized carbons (Fsp3) is 0.455. The van der Waals surface area contributed by atoms with Crippen LogP contribution in [0.25, 0.3) is 10.2 Å². The predicted octanol–water partition coefficient (Wildman–Crippen LogP) is 4.42. The molecule has 0 saturated heterocycles. The number of carbonyl (C=O) groups is 1. The highest BCUT2D eigenvalue weighted by Gasteiger charge is 2.23. The summed E-state index contributed by atoms with van der Waals surface area (Å²) in [6, 6.07) is 2.28. The zero-order valence-electron chi connectivity index (χ0n) is 17.2. The molecule has 0 aliphatic heterocycles. The Bertz CT molecular complexity index is 1300. The topological polar surface area (TPSA) is 87.8 Å². The molecule has 0 fully saturated rings. The molecule has 0 bridgehead atoms. The summed E-state index contributed by atoms with van der Waals surface area (Å²) in [5.74, 6) is -0.0375. The number of carbonyl (C=O) groups excluding carboxylic acids is 1. The van der Waals surface area contributed by atoms with Gasteiger partial charge in [-0.15, -0.1) is 22.7 Å². The number of nitrogens with zero attached hydrogens (tertiary/aromatic N) is 3. The van der Waals surface area contributed by atoms with E-state index in [2.05, 4.69) is 11.4 Å². The molecule has 1 N–H and O–H groups in total. The number of aromatic nitrogens is 2. The van der Waals surface area contributed by atoms with Crippen LogP contribution in [-0.2, 0) is 37.5 Å². The van der Waals surface area contributed by atoms with Gasteiger partial charge in [0.05, 0.1) is 16.7 Å². The average Bonchev–Trinajstić information content (AvgIpc) is 3.32. The maximum atomic E-state index is 13.0. The number of hydrogen-bond acceptors (Lipinski definition) is 7. The molecular weight excluding hydrogens is 448 g/mol. The molecule has 1 amide bonds. The molecule has 0 unspecified atom stereocenters. The lowest BCUT2D eigenvalue weighted by molar-refractivity contribution is -0.113. The number of fused-ring (bicyclic) bond motifs is 4. The number of nitrogens with one attached hydrogen (secondary N) is 1. The maximum Gasteiger partial charge on any atom is 0.262 e. The van der Waals surface area contributed by atoms with E-state index in [0.29, 0.717) is 15.7 Å². The highest BCUT2D eigenvalue weighted by atomic mass is 32.2. The number of aryl methyl sites for hydroxylation is 3. The van der Waals surface area contributed by atoms with Crippen molar-refractivity contribution in [3.63, 3.8) is 0 Å². The molecule has 0 radical (unpaired) electrons. The van der Waals surface area contributed by atoms with Gasteiger partial charge in [0.1, 0.15) is 15.9 Å². The predicted molar refractivity (Wildman–Crippen MR) is 127 cm³/mol. The molecule has 0 atom stereocenters. The van der Waals surface area contributed by atoms with Crippen molar-refractivity contribution in [2.75, 3.05) is 11.1 Å². The smallest absolute Gasteiger partial charge is 0.262 e. The van der Waals surface area contributed by atoms with E-state index in [0.717, 1.165) is 60.7 Å². The van der Waals surface area contributed by atoms with Crippen LogP contribution in [-0.4, -0.2) is 21.2 Å². The molecule has 2 aliphatic rings. The van der Waals surface area contributed by atoms with Crippen molar-refractivity contribution in [1.29, 1.82) is 5.26 Å². The summed E-state index contributed by atoms with van der Waals surface area (Å²) in [4.78, 5) is 33.7. The van der Waals surface area contributed by atoms with Crippen LogP contribution in [0.15, 0.2) is 9.95 Å². The van der Waals surface area contributed by atoms with Crippen molar-refractivity contribution >= 4 is 55.6 Å². The summed E-state index contributed by atoms with van der Waals surface area (Å²) in [7, 11) is 1.73. The summed E-state index contributed by atoms with van der Waals surface area (Å²) in [6.07, 6.45) is 8.38. The Morgan fingerprint density at radius 1 is 1.13 bits per heavy atom. The Labute approximate surface area is 192 Å². The van der Waals surface area contributed by atoms with Gasteiger partial charge in [-0.3, -0.25) is 14.2 Å². The number of rotatable bonds is 4. The molecule has 3 aromatic rings. The number of nitriles is 1. The molecule has 160 valence electrons. The standard InChI is InChI=1S/C22H22N4O2S3/c1-26-21(28)18-13-7-3-5-9-16(13)31-20(18)25-22(26)29-11-17(27)24-19-14(10-23)12-6-2-4-8-15(12)30-19/h2-9,11H2,1H3,(H,24,27). The van der Waals surface area contributed by atoms with Gasteiger partial charge in [0.15, 0.2) is 5.16 Å². The number of amides is 1. The van der Waals surface area contributed by atoms with Gasteiger partial charge in [-0.05, 0) is 62.5 Å². The fourth-order valence-electron chi connectivity index (χ4n) is 4.46. The van der Waals surface area contributed by atoms with Crippen molar-refractivity contribution in [2.45, 2.75) is 56.5 Å². The molecule has 6 nitrogen and oxygen atoms in total. The van der Waals surface area contributed by atoms with E-state index in [4.69, 9.17) is 4.98 Å². The van der Waals surface area contributed by atoms with Gasteiger partial charge in [-0.1, -0.05) is 11.8 Å². The van der Waals surface area contributed by atoms with Crippen LogP contribution < -0.4 is 10.9 Å². The van der Waals surface area contributed by atoms with Crippen molar-refractivity contribution < 1.29 is 4.79 Å². The molecule has 9 heteroatoms. The molecule has 3 heterocycles. The number of anilines is 1. The highest BCUT2D eigenvalue weighted by Crippen LogP contribution is 2.38. The average molecular weight is 471 g/mol. The normalized spacial score (nSPS) is 15.4. The molecule has 5 rings (SSSR count). The first kappa shape index (κ1) is 20.7. The van der Waals surface area contributed by atoms with Gasteiger partial charge in [-0.25, -0.2) is 4.98 Å². The van der Waals surface area contributed by atoms with Gasteiger partial charge in [0.25, 0.3) is 5.56 Å². The molecule has 3 aromatic heterocycles. The SMILES string of the molecule is Cn1c(SCC(=O)Nc2sc3c(c2C#N)CCCC3)nc2sc3c(c2c1=O)CCCC3. The zero-order chi connectivity index (χ0) is 21.5. The van der Waals surface area contributed by atoms with Gasteiger partial charge >= 0.3 is 0 Å². The van der Waals surface area contributed by atoms with Crippen LogP contribution in [0.1, 0.15) is 52.1 Å². The first-order chi connectivity index (χ1) is 15.1. The van der Waals surface area contributed by atoms with E-state index in [1.54, 1.807) is 23.0 Å². The Kier molecular flexibility index (Phi) is 5.63. The van der Waals surface area contributed by atoms with E-state index in [-0.39, 0.29) is 17.2 Å². The van der Waals surface area contributed by atoms with Crippen LogP contribution in [0, 0.1) is 11.3 Å². The Morgan fingerprint density at radius 2 is 1.81 bits per heavy atom. The van der Waals surface area contributed by atoms with Crippen LogP contribution in [0.5, 0.6) is 0 Å². The van der Waals surface area contributed by atoms with Crippen LogP contribution >= 0.6 is 34.4 Å². The third-order valence-corrected chi connectivity index (χ3v) is 9.45. The second kappa shape index (κ2) is 8.41. The van der Waals surface area contributed by atoms with Gasteiger partial charge in [-0.2, -0.15) is 5.26 Å². The lowest BCUT2D eigenvalue weighted by Gasteiger charge is -2.11. The van der Waals surface area contributed by atoms with Crippen LogP contribution in [0.3, 0.4) is 0 Å². The van der Waals surface area contributed by atoms with Crippen molar-refractivity contribution in [3.05, 3.63) is 36.8 Å². The molecule has 31 heavy (non-hydrogen) atoms. The van der Waals surface area contributed by atoms with E-state index in [1.165, 1.54) is 44.8 Å². The van der Waals surface area contributed by atoms with E-state index in [9.17, 15) is 14.9 Å². The van der Waals surface area contributed by atoms with Crippen molar-refractivity contribution in [2.24, 2.45) is 7.05 Å².